The van der Waals surface area contributed by atoms with E-state index in [1.54, 1.807) is 0 Å². The van der Waals surface area contributed by atoms with Crippen LogP contribution < -0.4 is 11.2 Å². The van der Waals surface area contributed by atoms with Crippen molar-refractivity contribution in [2.24, 2.45) is 5.11 Å². The summed E-state index contributed by atoms with van der Waals surface area (Å²) in [6, 6.07) is 1.13. The van der Waals surface area contributed by atoms with Crippen molar-refractivity contribution in [3.63, 3.8) is 0 Å². The summed E-state index contributed by atoms with van der Waals surface area (Å²) in [7, 11) is 1.32. The fraction of sp³-hybridized carbons (Fsp3) is 0.667. The minimum Gasteiger partial charge on any atom is -0.393 e. The summed E-state index contributed by atoms with van der Waals surface area (Å²) in [5, 5.41) is 23.5. The van der Waals surface area contributed by atoms with Crippen molar-refractivity contribution in [3.05, 3.63) is 43.5 Å². The molecular formula is C12H17N5O6. The van der Waals surface area contributed by atoms with Crippen molar-refractivity contribution in [2.45, 2.75) is 30.5 Å². The van der Waals surface area contributed by atoms with E-state index in [1.807, 2.05) is 0 Å². The van der Waals surface area contributed by atoms with Crippen molar-refractivity contribution in [1.82, 2.24) is 9.55 Å². The molecule has 1 fully saturated rings. The number of aliphatic hydroxyl groups is 2. The zero-order valence-electron chi connectivity index (χ0n) is 12.3. The Hall–Kier alpha value is -2.17. The molecule has 23 heavy (non-hydrogen) atoms. The number of ether oxygens (including phenoxy) is 2. The Labute approximate surface area is 129 Å². The summed E-state index contributed by atoms with van der Waals surface area (Å²) in [4.78, 5) is 27.8. The Morgan fingerprint density at radius 3 is 2.91 bits per heavy atom. The Balaban J connectivity index is 2.39. The van der Waals surface area contributed by atoms with Gasteiger partial charge < -0.3 is 19.7 Å². The second-order valence-corrected chi connectivity index (χ2v) is 5.10. The van der Waals surface area contributed by atoms with Gasteiger partial charge >= 0.3 is 5.69 Å². The zero-order chi connectivity index (χ0) is 17.0. The van der Waals surface area contributed by atoms with Crippen LogP contribution in [0.3, 0.4) is 0 Å². The van der Waals surface area contributed by atoms with Gasteiger partial charge in [0, 0.05) is 30.8 Å². The predicted molar refractivity (Wildman–Crippen MR) is 76.7 cm³/mol. The van der Waals surface area contributed by atoms with E-state index < -0.39 is 41.9 Å². The standard InChI is InChI=1S/C12H17N5O6/c1-22-8-9(20)12(6-18,3-4-14-16-13)23-10(8)17-5-2-7(19)15-11(17)21/h2,5,8-10,18,20H,3-4,6H2,1H3,(H,15,19,21)/t8-,9+,10+,12+/m0/s1. The molecule has 1 aromatic heterocycles. The summed E-state index contributed by atoms with van der Waals surface area (Å²) >= 11 is 0. The molecule has 0 aliphatic carbocycles. The van der Waals surface area contributed by atoms with Crippen molar-refractivity contribution >= 4 is 0 Å². The van der Waals surface area contributed by atoms with Crippen molar-refractivity contribution in [1.29, 1.82) is 0 Å². The van der Waals surface area contributed by atoms with Gasteiger partial charge in [0.2, 0.25) is 0 Å². The molecule has 0 bridgehead atoms. The lowest BCUT2D eigenvalue weighted by Crippen LogP contribution is -2.47. The Morgan fingerprint density at radius 1 is 1.61 bits per heavy atom. The fourth-order valence-electron chi connectivity index (χ4n) is 2.62. The number of rotatable bonds is 6. The monoisotopic (exact) mass is 327 g/mol. The second kappa shape index (κ2) is 6.94. The third kappa shape index (κ3) is 3.14. The van der Waals surface area contributed by atoms with Gasteiger partial charge in [0.1, 0.15) is 17.8 Å². The third-order valence-corrected chi connectivity index (χ3v) is 3.85. The van der Waals surface area contributed by atoms with E-state index in [4.69, 9.17) is 15.0 Å². The minimum atomic E-state index is -1.45. The molecule has 1 aromatic rings. The fourth-order valence-corrected chi connectivity index (χ4v) is 2.62. The number of methoxy groups -OCH3 is 1. The molecular weight excluding hydrogens is 310 g/mol. The Kier molecular flexibility index (Phi) is 5.19. The molecule has 11 heteroatoms. The molecule has 4 atom stereocenters. The Bertz CT molecular complexity index is 710. The summed E-state index contributed by atoms with van der Waals surface area (Å²) in [5.74, 6) is 0. The van der Waals surface area contributed by atoms with Gasteiger partial charge in [-0.25, -0.2) is 4.79 Å². The van der Waals surface area contributed by atoms with Crippen LogP contribution in [0.25, 0.3) is 10.4 Å². The van der Waals surface area contributed by atoms with E-state index in [1.165, 1.54) is 13.3 Å². The molecule has 0 amide bonds. The summed E-state index contributed by atoms with van der Waals surface area (Å²) in [5.41, 5.74) is 5.58. The maximum Gasteiger partial charge on any atom is 0.330 e. The van der Waals surface area contributed by atoms with Crippen molar-refractivity contribution in [2.75, 3.05) is 20.3 Å². The second-order valence-electron chi connectivity index (χ2n) is 5.10. The number of hydrogen-bond acceptors (Lipinski definition) is 7. The molecule has 1 saturated heterocycles. The molecule has 0 aromatic carbocycles. The SMILES string of the molecule is CO[C@@H]1[C@H](n2ccc(=O)[nH]c2=O)O[C@@](CO)(CCN=[N+]=[N-])[C@@H]1O. The van der Waals surface area contributed by atoms with Crippen LogP contribution in [0.15, 0.2) is 27.0 Å². The highest BCUT2D eigenvalue weighted by molar-refractivity contribution is 5.03. The first kappa shape index (κ1) is 17.2. The third-order valence-electron chi connectivity index (χ3n) is 3.85. The van der Waals surface area contributed by atoms with Crippen LogP contribution in [0.5, 0.6) is 0 Å². The summed E-state index contributed by atoms with van der Waals surface area (Å²) in [6.45, 7) is -0.582. The number of nitrogens with zero attached hydrogens (tertiary/aromatic N) is 4. The van der Waals surface area contributed by atoms with Crippen molar-refractivity contribution in [3.8, 4) is 0 Å². The van der Waals surface area contributed by atoms with Gasteiger partial charge in [-0.05, 0) is 12.0 Å². The number of aromatic amines is 1. The number of H-pyrrole nitrogens is 1. The van der Waals surface area contributed by atoms with E-state index in [-0.39, 0.29) is 13.0 Å². The molecule has 2 rings (SSSR count). The molecule has 2 heterocycles. The molecule has 11 nitrogen and oxygen atoms in total. The van der Waals surface area contributed by atoms with E-state index in [0.717, 1.165) is 10.6 Å². The largest absolute Gasteiger partial charge is 0.393 e. The average Bonchev–Trinajstić information content (AvgIpc) is 2.80. The first-order valence-electron chi connectivity index (χ1n) is 6.81. The Morgan fingerprint density at radius 2 is 2.35 bits per heavy atom. The van der Waals surface area contributed by atoms with Gasteiger partial charge in [-0.1, -0.05) is 5.11 Å². The van der Waals surface area contributed by atoms with Crippen LogP contribution in [0.1, 0.15) is 12.6 Å². The van der Waals surface area contributed by atoms with Gasteiger partial charge in [-0.15, -0.1) is 0 Å². The first-order valence-corrected chi connectivity index (χ1v) is 6.81. The lowest BCUT2D eigenvalue weighted by Gasteiger charge is -2.29. The van der Waals surface area contributed by atoms with Crippen LogP contribution in [-0.4, -0.2) is 57.8 Å². The van der Waals surface area contributed by atoms with E-state index >= 15 is 0 Å². The molecule has 126 valence electrons. The van der Waals surface area contributed by atoms with E-state index in [9.17, 15) is 19.8 Å². The normalized spacial score (nSPS) is 30.1. The molecule has 3 N–H and O–H groups in total. The van der Waals surface area contributed by atoms with Crippen LogP contribution in [0.2, 0.25) is 0 Å². The zero-order valence-corrected chi connectivity index (χ0v) is 12.3. The molecule has 0 unspecified atom stereocenters. The summed E-state index contributed by atoms with van der Waals surface area (Å²) < 4.78 is 12.0. The number of aromatic nitrogens is 2. The number of nitrogens with one attached hydrogen (secondary N) is 1. The molecule has 1 aliphatic rings. The molecule has 0 spiro atoms. The first-order chi connectivity index (χ1) is 11.0. The van der Waals surface area contributed by atoms with Gasteiger partial charge in [0.25, 0.3) is 5.56 Å². The van der Waals surface area contributed by atoms with E-state index in [2.05, 4.69) is 15.0 Å². The highest BCUT2D eigenvalue weighted by Gasteiger charge is 2.55. The minimum absolute atomic E-state index is 0.0161. The lowest BCUT2D eigenvalue weighted by molar-refractivity contribution is -0.132. The number of aliphatic hydroxyl groups excluding tert-OH is 2. The van der Waals surface area contributed by atoms with Gasteiger partial charge in [-0.2, -0.15) is 0 Å². The highest BCUT2D eigenvalue weighted by Crippen LogP contribution is 2.40. The van der Waals surface area contributed by atoms with Gasteiger partial charge in [0.05, 0.1) is 6.61 Å². The van der Waals surface area contributed by atoms with Gasteiger partial charge in [0.15, 0.2) is 6.23 Å². The topological polar surface area (TPSA) is 163 Å². The number of hydrogen-bond donors (Lipinski definition) is 3. The number of azide groups is 1. The van der Waals surface area contributed by atoms with Crippen LogP contribution >= 0.6 is 0 Å². The quantitative estimate of drug-likeness (QED) is 0.340. The maximum absolute atomic E-state index is 11.9. The van der Waals surface area contributed by atoms with Gasteiger partial charge in [-0.3, -0.25) is 14.3 Å². The molecule has 0 radical (unpaired) electrons. The smallest absolute Gasteiger partial charge is 0.330 e. The van der Waals surface area contributed by atoms with Crippen molar-refractivity contribution < 1.29 is 19.7 Å². The molecule has 1 aliphatic heterocycles. The van der Waals surface area contributed by atoms with E-state index in [0.29, 0.717) is 0 Å². The maximum atomic E-state index is 11.9. The summed E-state index contributed by atoms with van der Waals surface area (Å²) in [6.07, 6.45) is -2.04. The molecule has 0 saturated carbocycles. The van der Waals surface area contributed by atoms with Crippen LogP contribution in [-0.2, 0) is 9.47 Å². The lowest BCUT2D eigenvalue weighted by atomic mass is 9.92. The van der Waals surface area contributed by atoms with Crippen LogP contribution in [0, 0.1) is 0 Å². The highest BCUT2D eigenvalue weighted by atomic mass is 16.6. The van der Waals surface area contributed by atoms with Crippen LogP contribution in [0.4, 0.5) is 0 Å². The predicted octanol–water partition coefficient (Wildman–Crippen LogP) is -1.13. The average molecular weight is 327 g/mol.